The summed E-state index contributed by atoms with van der Waals surface area (Å²) in [7, 11) is 1.70. The van der Waals surface area contributed by atoms with E-state index >= 15 is 4.79 Å². The van der Waals surface area contributed by atoms with Crippen molar-refractivity contribution in [2.75, 3.05) is 25.1 Å². The molecule has 6 rings (SSSR count). The maximum absolute atomic E-state index is 15.0. The molecule has 2 fully saturated rings. The van der Waals surface area contributed by atoms with Crippen LogP contribution in [0.2, 0.25) is 0 Å². The highest BCUT2D eigenvalue weighted by molar-refractivity contribution is 9.11. The van der Waals surface area contributed by atoms with Crippen molar-refractivity contribution >= 4 is 45.3 Å². The van der Waals surface area contributed by atoms with Gasteiger partial charge in [-0.05, 0) is 62.9 Å². The van der Waals surface area contributed by atoms with Crippen LogP contribution in [-0.4, -0.2) is 88.6 Å². The fraction of sp³-hybridized carbons (Fsp3) is 0.459. The Morgan fingerprint density at radius 2 is 1.75 bits per heavy atom. The van der Waals surface area contributed by atoms with Crippen molar-refractivity contribution in [1.82, 2.24) is 9.80 Å². The number of rotatable bonds is 4. The predicted octanol–water partition coefficient (Wildman–Crippen LogP) is 4.37. The van der Waals surface area contributed by atoms with E-state index in [4.69, 9.17) is 9.47 Å². The number of carbonyl (C=O) groups excluding carboxylic acids is 4. The van der Waals surface area contributed by atoms with Gasteiger partial charge in [0.1, 0.15) is 29.8 Å². The van der Waals surface area contributed by atoms with E-state index < -0.39 is 65.6 Å². The van der Waals surface area contributed by atoms with Crippen molar-refractivity contribution in [3.63, 3.8) is 0 Å². The van der Waals surface area contributed by atoms with Crippen LogP contribution in [0.5, 0.6) is 0 Å². The molecule has 2 saturated heterocycles. The Morgan fingerprint density at radius 3 is 2.46 bits per heavy atom. The molecule has 0 aromatic heterocycles. The maximum atomic E-state index is 15.0. The zero-order valence-corrected chi connectivity index (χ0v) is 29.4. The molecule has 3 amide bonds. The molecule has 0 saturated carbocycles. The number of fused-ring (bicyclic) bond motifs is 2. The fourth-order valence-corrected chi connectivity index (χ4v) is 8.37. The molecule has 2 aromatic rings. The highest BCUT2D eigenvalue weighted by Gasteiger charge is 2.75. The van der Waals surface area contributed by atoms with Gasteiger partial charge in [0.25, 0.3) is 5.91 Å². The van der Waals surface area contributed by atoms with Crippen molar-refractivity contribution in [3.8, 4) is 0 Å². The number of carbonyl (C=O) groups is 4. The van der Waals surface area contributed by atoms with Crippen LogP contribution in [0.25, 0.3) is 0 Å². The number of likely N-dealkylation sites (tertiary alicyclic amines) is 1. The van der Waals surface area contributed by atoms with Gasteiger partial charge in [0.15, 0.2) is 0 Å². The summed E-state index contributed by atoms with van der Waals surface area (Å²) in [6.45, 7) is 7.17. The summed E-state index contributed by atoms with van der Waals surface area (Å²) < 4.78 is 13.5. The Hall–Kier alpha value is -3.80. The van der Waals surface area contributed by atoms with Crippen LogP contribution in [0.15, 0.2) is 71.2 Å². The lowest BCUT2D eigenvalue weighted by atomic mass is 9.74. The third kappa shape index (κ3) is 5.59. The van der Waals surface area contributed by atoms with Gasteiger partial charge >= 0.3 is 5.97 Å². The lowest BCUT2D eigenvalue weighted by Crippen LogP contribution is -2.58. The van der Waals surface area contributed by atoms with Crippen LogP contribution < -0.4 is 4.90 Å². The first kappa shape index (κ1) is 34.1. The molecule has 0 aliphatic carbocycles. The molecule has 8 atom stereocenters. The molecule has 0 radical (unpaired) electrons. The lowest BCUT2D eigenvalue weighted by molar-refractivity contribution is -0.164. The molecular formula is C37H42BrN3O7. The zero-order chi connectivity index (χ0) is 34.5. The quantitative estimate of drug-likeness (QED) is 0.369. The number of amides is 3. The summed E-state index contributed by atoms with van der Waals surface area (Å²) in [4.78, 5) is 62.0. The molecule has 11 heteroatoms. The highest BCUT2D eigenvalue weighted by Crippen LogP contribution is 2.59. The number of hydrogen-bond acceptors (Lipinski definition) is 7. The number of aliphatic hydroxyl groups is 1. The number of esters is 1. The van der Waals surface area contributed by atoms with E-state index in [9.17, 15) is 19.5 Å². The first-order valence-electron chi connectivity index (χ1n) is 16.4. The first-order valence-corrected chi connectivity index (χ1v) is 17.2. The Balaban J connectivity index is 1.51. The Morgan fingerprint density at radius 1 is 1.02 bits per heavy atom. The number of aryl methyl sites for hydroxylation is 2. The second kappa shape index (κ2) is 13.2. The topological polar surface area (TPSA) is 117 Å². The van der Waals surface area contributed by atoms with Crippen LogP contribution >= 0.6 is 15.9 Å². The molecule has 1 N–H and O–H groups in total. The van der Waals surface area contributed by atoms with Crippen molar-refractivity contribution < 1.29 is 33.8 Å². The molecule has 254 valence electrons. The van der Waals surface area contributed by atoms with E-state index in [2.05, 4.69) is 15.9 Å². The Bertz CT molecular complexity index is 1680. The molecular weight excluding hydrogens is 678 g/mol. The van der Waals surface area contributed by atoms with Gasteiger partial charge in [0.05, 0.1) is 24.6 Å². The Kier molecular flexibility index (Phi) is 9.41. The van der Waals surface area contributed by atoms with Gasteiger partial charge in [-0.3, -0.25) is 19.2 Å². The summed E-state index contributed by atoms with van der Waals surface area (Å²) in [5.41, 5.74) is 1.71. The van der Waals surface area contributed by atoms with Crippen molar-refractivity contribution in [3.05, 3.63) is 87.9 Å². The average Bonchev–Trinajstić information content (AvgIpc) is 3.68. The van der Waals surface area contributed by atoms with Crippen LogP contribution in [0.4, 0.5) is 5.69 Å². The van der Waals surface area contributed by atoms with Crippen LogP contribution in [0, 0.1) is 25.7 Å². The number of anilines is 1. The molecule has 4 aliphatic rings. The smallest absolute Gasteiger partial charge is 0.313 e. The van der Waals surface area contributed by atoms with E-state index in [0.29, 0.717) is 22.2 Å². The third-order valence-corrected chi connectivity index (χ3v) is 11.0. The van der Waals surface area contributed by atoms with Crippen molar-refractivity contribution in [1.29, 1.82) is 0 Å². The molecule has 48 heavy (non-hydrogen) atoms. The summed E-state index contributed by atoms with van der Waals surface area (Å²) in [5.74, 6) is -3.78. The third-order valence-electron chi connectivity index (χ3n) is 10.3. The highest BCUT2D eigenvalue weighted by atomic mass is 79.9. The SMILES string of the molecule is Cc1ccc(C)c(N2C/C=C\CCC(=O)N(C)[C@H](C)[C@@H](c3ccccc3)OC(=O)[C@@H]3[C@H]4O[C@@]5(C=C4Br)[C@H](C2=O)N([C@H](C)CO)C(=O)[C@@H]35)c1. The van der Waals surface area contributed by atoms with Gasteiger partial charge < -0.3 is 29.3 Å². The maximum Gasteiger partial charge on any atom is 0.313 e. The molecule has 2 aromatic carbocycles. The number of allylic oxidation sites excluding steroid dienone is 1. The predicted molar refractivity (Wildman–Crippen MR) is 183 cm³/mol. The normalized spacial score (nSPS) is 32.3. The van der Waals surface area contributed by atoms with E-state index in [1.807, 2.05) is 81.5 Å². The number of halogens is 1. The second-order valence-corrected chi connectivity index (χ2v) is 14.3. The first-order chi connectivity index (χ1) is 22.9. The van der Waals surface area contributed by atoms with E-state index in [0.717, 1.165) is 11.1 Å². The number of nitrogens with zero attached hydrogens (tertiary/aromatic N) is 3. The number of aliphatic hydroxyl groups excluding tert-OH is 1. The van der Waals surface area contributed by atoms with Gasteiger partial charge in [-0.2, -0.15) is 0 Å². The van der Waals surface area contributed by atoms with Crippen LogP contribution in [-0.2, 0) is 28.7 Å². The van der Waals surface area contributed by atoms with Gasteiger partial charge in [-0.15, -0.1) is 0 Å². The summed E-state index contributed by atoms with van der Waals surface area (Å²) in [6.07, 6.45) is 4.47. The van der Waals surface area contributed by atoms with E-state index in [1.165, 1.54) is 4.90 Å². The number of hydrogen-bond donors (Lipinski definition) is 1. The fourth-order valence-electron chi connectivity index (χ4n) is 7.64. The monoisotopic (exact) mass is 719 g/mol. The summed E-state index contributed by atoms with van der Waals surface area (Å²) >= 11 is 3.60. The van der Waals surface area contributed by atoms with Gasteiger partial charge in [-0.25, -0.2) is 0 Å². The Labute approximate surface area is 289 Å². The minimum atomic E-state index is -1.49. The van der Waals surface area contributed by atoms with Gasteiger partial charge in [0.2, 0.25) is 11.8 Å². The van der Waals surface area contributed by atoms with Crippen molar-refractivity contribution in [2.24, 2.45) is 11.8 Å². The summed E-state index contributed by atoms with van der Waals surface area (Å²) in [6, 6.07) is 12.6. The molecule has 10 nitrogen and oxygen atoms in total. The minimum Gasteiger partial charge on any atom is -0.455 e. The second-order valence-electron chi connectivity index (χ2n) is 13.4. The number of cyclic esters (lactones) is 1. The lowest BCUT2D eigenvalue weighted by Gasteiger charge is -2.38. The largest absolute Gasteiger partial charge is 0.455 e. The molecule has 1 spiro atoms. The van der Waals surface area contributed by atoms with Gasteiger partial charge in [-0.1, -0.05) is 70.5 Å². The minimum absolute atomic E-state index is 0.119. The number of benzene rings is 2. The zero-order valence-electron chi connectivity index (χ0n) is 27.8. The van der Waals surface area contributed by atoms with Crippen molar-refractivity contribution in [2.45, 2.75) is 76.5 Å². The molecule has 5 bridgehead atoms. The van der Waals surface area contributed by atoms with E-state index in [1.54, 1.807) is 29.8 Å². The number of likely N-dealkylation sites (N-methyl/N-ethyl adjacent to an activating group) is 1. The average molecular weight is 721 g/mol. The number of ether oxygens (including phenoxy) is 2. The molecule has 0 unspecified atom stereocenters. The molecule has 4 aliphatic heterocycles. The summed E-state index contributed by atoms with van der Waals surface area (Å²) in [5, 5.41) is 10.3. The van der Waals surface area contributed by atoms with Crippen LogP contribution in [0.3, 0.4) is 0 Å². The van der Waals surface area contributed by atoms with Crippen LogP contribution in [0.1, 0.15) is 49.5 Å². The van der Waals surface area contributed by atoms with Gasteiger partial charge in [0, 0.05) is 30.2 Å². The standard InChI is InChI=1S/C37H42BrN3O7/c1-21-15-16-22(2)27(18-21)40-17-11-7-10-14-28(43)39(5)24(4)31(25-12-8-6-9-13-25)47-36(46)29-30-34(44)41(23(3)20-42)33(35(40)45)37(30)19-26(38)32(29)48-37/h6-9,11-13,15-16,18-19,23-24,29-33,42H,10,14,17,20H2,1-5H3/b11-7-/t23-,24-,29+,30-,31+,32+,33+,37-/m1/s1. The van der Waals surface area contributed by atoms with E-state index in [-0.39, 0.29) is 25.5 Å². The molecule has 4 heterocycles.